The van der Waals surface area contributed by atoms with E-state index in [1.54, 1.807) is 0 Å². The van der Waals surface area contributed by atoms with Gasteiger partial charge in [0.15, 0.2) is 5.65 Å². The first kappa shape index (κ1) is 12.5. The normalized spacial score (nSPS) is 11.5. The molecule has 0 saturated carbocycles. The van der Waals surface area contributed by atoms with E-state index < -0.39 is 0 Å². The third-order valence-corrected chi connectivity index (χ3v) is 3.04. The summed E-state index contributed by atoms with van der Waals surface area (Å²) in [4.78, 5) is 0. The lowest BCUT2D eigenvalue weighted by molar-refractivity contribution is 0.565. The Bertz CT molecular complexity index is 492. The van der Waals surface area contributed by atoms with Crippen molar-refractivity contribution in [2.45, 2.75) is 32.7 Å². The number of fused-ring (bicyclic) bond motifs is 1. The molecule has 0 atom stereocenters. The third-order valence-electron chi connectivity index (χ3n) is 2.57. The van der Waals surface area contributed by atoms with Crippen molar-refractivity contribution >= 4 is 21.6 Å². The predicted octanol–water partition coefficient (Wildman–Crippen LogP) is 2.42. The minimum Gasteiger partial charge on any atom is -0.315 e. The molecule has 4 nitrogen and oxygen atoms in total. The van der Waals surface area contributed by atoms with Gasteiger partial charge in [-0.3, -0.25) is 4.40 Å². The van der Waals surface area contributed by atoms with E-state index in [4.69, 9.17) is 0 Å². The number of rotatable bonds is 5. The lowest BCUT2D eigenvalue weighted by atomic mass is 10.2. The zero-order valence-electron chi connectivity index (χ0n) is 10.2. The quantitative estimate of drug-likeness (QED) is 0.862. The lowest BCUT2D eigenvalue weighted by Gasteiger charge is -2.06. The van der Waals surface area contributed by atoms with Gasteiger partial charge in [-0.15, -0.1) is 10.2 Å². The molecule has 0 unspecified atom stereocenters. The SMILES string of the molecule is CC(C)NCCCc1nnc2ccc(Br)cn12. The highest BCUT2D eigenvalue weighted by Crippen LogP contribution is 2.12. The summed E-state index contributed by atoms with van der Waals surface area (Å²) in [6.45, 7) is 5.33. The molecular formula is C12H17BrN4. The lowest BCUT2D eigenvalue weighted by Crippen LogP contribution is -2.24. The Hall–Kier alpha value is -0.940. The molecule has 0 bridgehead atoms. The fourth-order valence-corrected chi connectivity index (χ4v) is 2.06. The molecule has 92 valence electrons. The average Bonchev–Trinajstić information content (AvgIpc) is 2.67. The van der Waals surface area contributed by atoms with E-state index in [1.807, 2.05) is 22.7 Å². The van der Waals surface area contributed by atoms with Gasteiger partial charge in [0.2, 0.25) is 0 Å². The molecule has 0 aromatic carbocycles. The highest BCUT2D eigenvalue weighted by molar-refractivity contribution is 9.10. The van der Waals surface area contributed by atoms with Crippen LogP contribution in [0.5, 0.6) is 0 Å². The number of aryl methyl sites for hydroxylation is 1. The maximum absolute atomic E-state index is 4.22. The standard InChI is InChI=1S/C12H17BrN4/c1-9(2)14-7-3-4-11-15-16-12-6-5-10(13)8-17(11)12/h5-6,8-9,14H,3-4,7H2,1-2H3. The van der Waals surface area contributed by atoms with Crippen molar-refractivity contribution in [1.29, 1.82) is 0 Å². The predicted molar refractivity (Wildman–Crippen MR) is 72.1 cm³/mol. The molecule has 0 radical (unpaired) electrons. The molecular weight excluding hydrogens is 280 g/mol. The first-order chi connectivity index (χ1) is 8.16. The highest BCUT2D eigenvalue weighted by Gasteiger charge is 2.05. The van der Waals surface area contributed by atoms with Gasteiger partial charge in [0.25, 0.3) is 0 Å². The molecule has 0 fully saturated rings. The number of nitrogens with zero attached hydrogens (tertiary/aromatic N) is 3. The van der Waals surface area contributed by atoms with Crippen LogP contribution in [0.2, 0.25) is 0 Å². The van der Waals surface area contributed by atoms with Crippen molar-refractivity contribution in [3.05, 3.63) is 28.6 Å². The topological polar surface area (TPSA) is 42.2 Å². The summed E-state index contributed by atoms with van der Waals surface area (Å²) >= 11 is 3.46. The molecule has 2 aromatic rings. The van der Waals surface area contributed by atoms with Crippen molar-refractivity contribution in [2.75, 3.05) is 6.54 Å². The molecule has 0 aliphatic heterocycles. The van der Waals surface area contributed by atoms with Crippen LogP contribution >= 0.6 is 15.9 Å². The van der Waals surface area contributed by atoms with Crippen molar-refractivity contribution in [3.8, 4) is 0 Å². The van der Waals surface area contributed by atoms with Gasteiger partial charge >= 0.3 is 0 Å². The van der Waals surface area contributed by atoms with Crippen molar-refractivity contribution in [2.24, 2.45) is 0 Å². The zero-order chi connectivity index (χ0) is 12.3. The summed E-state index contributed by atoms with van der Waals surface area (Å²) in [5.41, 5.74) is 0.903. The van der Waals surface area contributed by atoms with E-state index >= 15 is 0 Å². The fraction of sp³-hybridized carbons (Fsp3) is 0.500. The Morgan fingerprint density at radius 3 is 2.94 bits per heavy atom. The van der Waals surface area contributed by atoms with E-state index in [-0.39, 0.29) is 0 Å². The molecule has 2 rings (SSSR count). The van der Waals surface area contributed by atoms with Gasteiger partial charge in [-0.05, 0) is 41.0 Å². The highest BCUT2D eigenvalue weighted by atomic mass is 79.9. The van der Waals surface area contributed by atoms with Gasteiger partial charge in [0, 0.05) is 23.1 Å². The Labute approximate surface area is 110 Å². The van der Waals surface area contributed by atoms with Crippen LogP contribution in [0.25, 0.3) is 5.65 Å². The minimum absolute atomic E-state index is 0.541. The molecule has 0 amide bonds. The second-order valence-corrected chi connectivity index (χ2v) is 5.32. The van der Waals surface area contributed by atoms with Gasteiger partial charge in [-0.1, -0.05) is 13.8 Å². The fourth-order valence-electron chi connectivity index (χ4n) is 1.72. The second kappa shape index (κ2) is 5.60. The Morgan fingerprint density at radius 1 is 1.35 bits per heavy atom. The Balaban J connectivity index is 2.01. The molecule has 0 aliphatic rings. The minimum atomic E-state index is 0.541. The van der Waals surface area contributed by atoms with Crippen LogP contribution in [0.4, 0.5) is 0 Å². The van der Waals surface area contributed by atoms with Crippen LogP contribution in [-0.4, -0.2) is 27.2 Å². The summed E-state index contributed by atoms with van der Waals surface area (Å²) in [5, 5.41) is 11.8. The van der Waals surface area contributed by atoms with Crippen LogP contribution in [0.1, 0.15) is 26.1 Å². The average molecular weight is 297 g/mol. The van der Waals surface area contributed by atoms with Gasteiger partial charge in [-0.2, -0.15) is 0 Å². The van der Waals surface area contributed by atoms with E-state index in [2.05, 4.69) is 45.3 Å². The number of hydrogen-bond acceptors (Lipinski definition) is 3. The Morgan fingerprint density at radius 2 is 2.18 bits per heavy atom. The van der Waals surface area contributed by atoms with Gasteiger partial charge in [0.05, 0.1) is 0 Å². The summed E-state index contributed by atoms with van der Waals surface area (Å²) in [7, 11) is 0. The van der Waals surface area contributed by atoms with E-state index in [0.29, 0.717) is 6.04 Å². The molecule has 1 N–H and O–H groups in total. The first-order valence-electron chi connectivity index (χ1n) is 5.89. The smallest absolute Gasteiger partial charge is 0.160 e. The van der Waals surface area contributed by atoms with E-state index in [9.17, 15) is 0 Å². The molecule has 0 spiro atoms. The van der Waals surface area contributed by atoms with Crippen LogP contribution in [0.3, 0.4) is 0 Å². The summed E-state index contributed by atoms with van der Waals surface area (Å²) in [6.07, 6.45) is 4.03. The largest absolute Gasteiger partial charge is 0.315 e. The zero-order valence-corrected chi connectivity index (χ0v) is 11.7. The Kier molecular flexibility index (Phi) is 4.12. The number of hydrogen-bond donors (Lipinski definition) is 1. The van der Waals surface area contributed by atoms with Crippen LogP contribution in [0.15, 0.2) is 22.8 Å². The van der Waals surface area contributed by atoms with Crippen LogP contribution < -0.4 is 5.32 Å². The molecule has 2 aromatic heterocycles. The monoisotopic (exact) mass is 296 g/mol. The number of pyridine rings is 1. The molecule has 2 heterocycles. The summed E-state index contributed by atoms with van der Waals surface area (Å²) < 4.78 is 3.09. The van der Waals surface area contributed by atoms with Crippen molar-refractivity contribution in [3.63, 3.8) is 0 Å². The first-order valence-corrected chi connectivity index (χ1v) is 6.68. The van der Waals surface area contributed by atoms with Crippen LogP contribution in [-0.2, 0) is 6.42 Å². The summed E-state index contributed by atoms with van der Waals surface area (Å²) in [5.74, 6) is 1.02. The van der Waals surface area contributed by atoms with E-state index in [0.717, 1.165) is 35.3 Å². The second-order valence-electron chi connectivity index (χ2n) is 4.40. The van der Waals surface area contributed by atoms with Crippen LogP contribution in [0, 0.1) is 0 Å². The van der Waals surface area contributed by atoms with E-state index in [1.165, 1.54) is 0 Å². The summed E-state index contributed by atoms with van der Waals surface area (Å²) in [6, 6.07) is 4.49. The van der Waals surface area contributed by atoms with Gasteiger partial charge < -0.3 is 5.32 Å². The number of aromatic nitrogens is 3. The molecule has 0 saturated heterocycles. The molecule has 5 heteroatoms. The number of halogens is 1. The maximum atomic E-state index is 4.22. The van der Waals surface area contributed by atoms with Crippen molar-refractivity contribution < 1.29 is 0 Å². The maximum Gasteiger partial charge on any atom is 0.160 e. The van der Waals surface area contributed by atoms with Gasteiger partial charge in [-0.25, -0.2) is 0 Å². The van der Waals surface area contributed by atoms with Gasteiger partial charge in [0.1, 0.15) is 5.82 Å². The third kappa shape index (κ3) is 3.26. The molecule has 17 heavy (non-hydrogen) atoms. The number of nitrogens with one attached hydrogen (secondary N) is 1. The van der Waals surface area contributed by atoms with Crippen molar-refractivity contribution in [1.82, 2.24) is 19.9 Å². The molecule has 0 aliphatic carbocycles.